The van der Waals surface area contributed by atoms with E-state index >= 15 is 0 Å². The van der Waals surface area contributed by atoms with Gasteiger partial charge in [-0.3, -0.25) is 4.79 Å². The number of hydrogen-bond donors (Lipinski definition) is 0. The SMILES string of the molecule is O=C(c1ccco1)N1CC[C@]2(CCn3ccnc32)C1. The molecule has 1 saturated heterocycles. The summed E-state index contributed by atoms with van der Waals surface area (Å²) in [5, 5.41) is 0. The molecule has 2 aliphatic heterocycles. The van der Waals surface area contributed by atoms with Crippen LogP contribution < -0.4 is 0 Å². The second kappa shape index (κ2) is 3.73. The van der Waals surface area contributed by atoms with E-state index < -0.39 is 0 Å². The largest absolute Gasteiger partial charge is 0.459 e. The Balaban J connectivity index is 1.60. The lowest BCUT2D eigenvalue weighted by Crippen LogP contribution is -2.33. The minimum atomic E-state index is -0.00752. The zero-order chi connectivity index (χ0) is 12.9. The Labute approximate surface area is 110 Å². The van der Waals surface area contributed by atoms with Crippen molar-refractivity contribution >= 4 is 5.91 Å². The summed E-state index contributed by atoms with van der Waals surface area (Å²) in [4.78, 5) is 18.7. The van der Waals surface area contributed by atoms with Crippen LogP contribution in [-0.2, 0) is 12.0 Å². The summed E-state index contributed by atoms with van der Waals surface area (Å²) in [5.41, 5.74) is 0.0613. The fraction of sp³-hybridized carbons (Fsp3) is 0.429. The number of likely N-dealkylation sites (tertiary alicyclic amines) is 1. The van der Waals surface area contributed by atoms with E-state index in [1.54, 1.807) is 18.4 Å². The molecule has 1 spiro atoms. The highest BCUT2D eigenvalue weighted by Crippen LogP contribution is 2.41. The molecule has 98 valence electrons. The van der Waals surface area contributed by atoms with Gasteiger partial charge in [-0.15, -0.1) is 0 Å². The standard InChI is InChI=1S/C14H15N3O2/c18-12(11-2-1-9-19-11)17-7-4-14(10-17)3-6-16-8-5-15-13(14)16/h1-2,5,8-9H,3-4,6-7,10H2/t14-/m1/s1. The first-order valence-electron chi connectivity index (χ1n) is 6.63. The molecule has 5 heteroatoms. The highest BCUT2D eigenvalue weighted by molar-refractivity contribution is 5.91. The average molecular weight is 257 g/mol. The molecule has 0 aromatic carbocycles. The number of carbonyl (C=O) groups is 1. The first kappa shape index (κ1) is 10.8. The molecule has 0 aliphatic carbocycles. The molecule has 0 bridgehead atoms. The maximum absolute atomic E-state index is 12.3. The van der Waals surface area contributed by atoms with Gasteiger partial charge in [0.1, 0.15) is 5.82 Å². The topological polar surface area (TPSA) is 51.3 Å². The van der Waals surface area contributed by atoms with E-state index in [0.717, 1.165) is 38.3 Å². The number of rotatable bonds is 1. The molecule has 2 aliphatic rings. The van der Waals surface area contributed by atoms with E-state index in [9.17, 15) is 4.79 Å². The lowest BCUT2D eigenvalue weighted by Gasteiger charge is -2.22. The molecule has 4 rings (SSSR count). The number of fused-ring (bicyclic) bond motifs is 2. The summed E-state index contributed by atoms with van der Waals surface area (Å²) in [7, 11) is 0. The predicted molar refractivity (Wildman–Crippen MR) is 67.8 cm³/mol. The third-order valence-corrected chi connectivity index (χ3v) is 4.39. The fourth-order valence-electron chi connectivity index (χ4n) is 3.39. The van der Waals surface area contributed by atoms with Crippen LogP contribution in [0.3, 0.4) is 0 Å². The van der Waals surface area contributed by atoms with Gasteiger partial charge in [-0.2, -0.15) is 0 Å². The summed E-state index contributed by atoms with van der Waals surface area (Å²) in [6, 6.07) is 3.48. The molecule has 0 radical (unpaired) electrons. The maximum atomic E-state index is 12.3. The number of imidazole rings is 1. The third-order valence-electron chi connectivity index (χ3n) is 4.39. The van der Waals surface area contributed by atoms with Gasteiger partial charge in [0.2, 0.25) is 0 Å². The Morgan fingerprint density at radius 3 is 3.11 bits per heavy atom. The number of furan rings is 1. The average Bonchev–Trinajstić information content (AvgIpc) is 3.15. The Hall–Kier alpha value is -2.04. The van der Waals surface area contributed by atoms with E-state index in [1.807, 2.05) is 17.3 Å². The van der Waals surface area contributed by atoms with Crippen LogP contribution in [0.5, 0.6) is 0 Å². The van der Waals surface area contributed by atoms with E-state index in [4.69, 9.17) is 4.42 Å². The molecule has 19 heavy (non-hydrogen) atoms. The fourth-order valence-corrected chi connectivity index (χ4v) is 3.39. The third kappa shape index (κ3) is 1.47. The van der Waals surface area contributed by atoms with Crippen LogP contribution in [0.4, 0.5) is 0 Å². The molecule has 4 heterocycles. The second-order valence-electron chi connectivity index (χ2n) is 5.43. The summed E-state index contributed by atoms with van der Waals surface area (Å²) in [5.74, 6) is 1.56. The second-order valence-corrected chi connectivity index (χ2v) is 5.43. The first-order chi connectivity index (χ1) is 9.28. The van der Waals surface area contributed by atoms with Gasteiger partial charge in [-0.25, -0.2) is 4.98 Å². The Bertz CT molecular complexity index is 616. The molecular formula is C14H15N3O2. The van der Waals surface area contributed by atoms with Gasteiger partial charge >= 0.3 is 0 Å². The van der Waals surface area contributed by atoms with Crippen molar-refractivity contribution < 1.29 is 9.21 Å². The predicted octanol–water partition coefficient (Wildman–Crippen LogP) is 1.66. The molecule has 1 atom stereocenters. The van der Waals surface area contributed by atoms with Gasteiger partial charge in [-0.05, 0) is 25.0 Å². The molecule has 2 aromatic heterocycles. The van der Waals surface area contributed by atoms with Crippen molar-refractivity contribution in [3.63, 3.8) is 0 Å². The normalized spacial score (nSPS) is 25.2. The van der Waals surface area contributed by atoms with Crippen molar-refractivity contribution in [3.8, 4) is 0 Å². The van der Waals surface area contributed by atoms with Crippen LogP contribution in [0, 0.1) is 0 Å². The van der Waals surface area contributed by atoms with E-state index in [0.29, 0.717) is 5.76 Å². The van der Waals surface area contributed by atoms with Crippen molar-refractivity contribution in [2.75, 3.05) is 13.1 Å². The summed E-state index contributed by atoms with van der Waals surface area (Å²) < 4.78 is 7.41. The molecule has 1 amide bonds. The number of nitrogens with zero attached hydrogens (tertiary/aromatic N) is 3. The van der Waals surface area contributed by atoms with Gasteiger partial charge < -0.3 is 13.9 Å². The van der Waals surface area contributed by atoms with Crippen molar-refractivity contribution in [2.45, 2.75) is 24.8 Å². The number of aryl methyl sites for hydroxylation is 1. The first-order valence-corrected chi connectivity index (χ1v) is 6.63. The van der Waals surface area contributed by atoms with Crippen molar-refractivity contribution in [1.82, 2.24) is 14.5 Å². The number of amides is 1. The van der Waals surface area contributed by atoms with Crippen molar-refractivity contribution in [2.24, 2.45) is 0 Å². The van der Waals surface area contributed by atoms with Crippen LogP contribution in [0.15, 0.2) is 35.2 Å². The zero-order valence-corrected chi connectivity index (χ0v) is 10.6. The van der Waals surface area contributed by atoms with E-state index in [1.165, 1.54) is 0 Å². The lowest BCUT2D eigenvalue weighted by molar-refractivity contribution is 0.0751. The van der Waals surface area contributed by atoms with Crippen LogP contribution in [0.2, 0.25) is 0 Å². The van der Waals surface area contributed by atoms with E-state index in [2.05, 4.69) is 9.55 Å². The van der Waals surface area contributed by atoms with Gasteiger partial charge in [0, 0.05) is 37.4 Å². The summed E-state index contributed by atoms with van der Waals surface area (Å²) in [6.07, 6.45) is 7.50. The summed E-state index contributed by atoms with van der Waals surface area (Å²) in [6.45, 7) is 2.55. The molecule has 1 fully saturated rings. The Morgan fingerprint density at radius 1 is 1.37 bits per heavy atom. The Morgan fingerprint density at radius 2 is 2.26 bits per heavy atom. The smallest absolute Gasteiger partial charge is 0.289 e. The highest BCUT2D eigenvalue weighted by Gasteiger charge is 2.47. The Kier molecular flexibility index (Phi) is 2.13. The molecule has 0 saturated carbocycles. The highest BCUT2D eigenvalue weighted by atomic mass is 16.3. The monoisotopic (exact) mass is 257 g/mol. The molecule has 0 unspecified atom stereocenters. The van der Waals surface area contributed by atoms with Crippen LogP contribution >= 0.6 is 0 Å². The molecule has 5 nitrogen and oxygen atoms in total. The van der Waals surface area contributed by atoms with Gasteiger partial charge in [-0.1, -0.05) is 0 Å². The maximum Gasteiger partial charge on any atom is 0.289 e. The van der Waals surface area contributed by atoms with E-state index in [-0.39, 0.29) is 11.3 Å². The molecule has 0 N–H and O–H groups in total. The number of carbonyl (C=O) groups excluding carboxylic acids is 1. The van der Waals surface area contributed by atoms with Crippen molar-refractivity contribution in [3.05, 3.63) is 42.4 Å². The number of hydrogen-bond acceptors (Lipinski definition) is 3. The van der Waals surface area contributed by atoms with Gasteiger partial charge in [0.15, 0.2) is 5.76 Å². The summed E-state index contributed by atoms with van der Waals surface area (Å²) >= 11 is 0. The van der Waals surface area contributed by atoms with Crippen LogP contribution in [-0.4, -0.2) is 33.4 Å². The number of aromatic nitrogens is 2. The minimum absolute atomic E-state index is 0.00752. The van der Waals surface area contributed by atoms with Gasteiger partial charge in [0.05, 0.1) is 6.26 Å². The minimum Gasteiger partial charge on any atom is -0.459 e. The van der Waals surface area contributed by atoms with Crippen LogP contribution in [0.1, 0.15) is 29.2 Å². The lowest BCUT2D eigenvalue weighted by atomic mass is 9.85. The molecular weight excluding hydrogens is 242 g/mol. The van der Waals surface area contributed by atoms with Crippen LogP contribution in [0.25, 0.3) is 0 Å². The van der Waals surface area contributed by atoms with Gasteiger partial charge in [0.25, 0.3) is 5.91 Å². The van der Waals surface area contributed by atoms with Crippen molar-refractivity contribution in [1.29, 1.82) is 0 Å². The zero-order valence-electron chi connectivity index (χ0n) is 10.6. The molecule has 2 aromatic rings. The quantitative estimate of drug-likeness (QED) is 0.780.